The van der Waals surface area contributed by atoms with Crippen LogP contribution in [-0.2, 0) is 14.9 Å². The van der Waals surface area contributed by atoms with Crippen LogP contribution in [-0.4, -0.2) is 13.1 Å². The first-order chi connectivity index (χ1) is 36.8. The molecule has 372 valence electrons. The molecule has 74 heavy (non-hydrogen) atoms. The topological polar surface area (TPSA) is 26.3 Å². The molecule has 2 spiro atoms. The first-order valence-corrected chi connectivity index (χ1v) is 34.9. The van der Waals surface area contributed by atoms with E-state index in [0.29, 0.717) is 22.7 Å². The summed E-state index contributed by atoms with van der Waals surface area (Å²) < 4.78 is 5.72. The number of rotatable bonds is 5. The summed E-state index contributed by atoms with van der Waals surface area (Å²) in [5, 5.41) is 0. The number of hydrogen-bond acceptors (Lipinski definition) is 2. The molecular weight excluding hydrogens is 897 g/mol. The summed E-state index contributed by atoms with van der Waals surface area (Å²) in [6.45, 7) is 0. The maximum atomic E-state index is 13.8. The highest BCUT2D eigenvalue weighted by Crippen LogP contribution is 3.14. The molecule has 56 atom stereocenters. The SMILES string of the molecule is COC(=O)CCCC1(c2ccccc2)[C@]23C4C5C6C7C8C9C%10C%11C%12C%13C%10C%10C8C8C%14C%10C%10C%13C%13C%15C%12C%12C%16C%11C%11C9C7C7C9C%11C%16C%11C%16C%12C%15C%12C%15C%13C%10C%10C%14C(C4C86)C4C%10C%15C6C%12C%16C8C%11C9C(C75)C2C8C6[C@@]413. The number of carbonyl (C=O) groups is 1. The molecule has 0 heterocycles. The number of ether oxygens (including phenoxy) is 1. The van der Waals surface area contributed by atoms with Gasteiger partial charge in [0, 0.05) is 11.8 Å². The Kier molecular flexibility index (Phi) is 3.90. The molecule has 0 aromatic heterocycles. The fourth-order valence-corrected chi connectivity index (χ4v) is 50.5. The molecule has 2 nitrogen and oxygen atoms in total. The molecule has 0 aliphatic heterocycles. The predicted octanol–water partition coefficient (Wildman–Crippen LogP) is 9.42. The largest absolute Gasteiger partial charge is 0.469 e. The lowest BCUT2D eigenvalue weighted by molar-refractivity contribution is -0.202. The second-order valence-corrected chi connectivity index (χ2v) is 38.7. The van der Waals surface area contributed by atoms with Gasteiger partial charge in [0.25, 0.3) is 0 Å². The zero-order valence-corrected chi connectivity index (χ0v) is 42.8. The molecule has 0 saturated heterocycles. The Morgan fingerprint density at radius 1 is 0.311 bits per heavy atom. The van der Waals surface area contributed by atoms with Crippen LogP contribution >= 0.6 is 0 Å². The molecule has 1 aromatic carbocycles. The van der Waals surface area contributed by atoms with Crippen LogP contribution in [0.4, 0.5) is 0 Å². The van der Waals surface area contributed by atoms with E-state index >= 15 is 0 Å². The van der Waals surface area contributed by atoms with Gasteiger partial charge in [-0.25, -0.2) is 0 Å². The van der Waals surface area contributed by atoms with Crippen LogP contribution in [0.3, 0.4) is 0 Å². The van der Waals surface area contributed by atoms with Crippen molar-refractivity contribution in [1.29, 1.82) is 0 Å². The Morgan fingerprint density at radius 2 is 0.514 bits per heavy atom. The molecule has 2 heteroatoms. The molecule has 33 aliphatic carbocycles. The summed E-state index contributed by atoms with van der Waals surface area (Å²) in [7, 11) is 1.73. The van der Waals surface area contributed by atoms with E-state index in [-0.39, 0.29) is 5.97 Å². The van der Waals surface area contributed by atoms with E-state index < -0.39 is 0 Å². The van der Waals surface area contributed by atoms with Crippen LogP contribution in [0, 0.1) is 354 Å². The van der Waals surface area contributed by atoms with Crippen LogP contribution in [0.5, 0.6) is 0 Å². The molecule has 33 fully saturated rings. The van der Waals surface area contributed by atoms with Crippen molar-refractivity contribution < 1.29 is 9.53 Å². The summed E-state index contributed by atoms with van der Waals surface area (Å²) in [4.78, 5) is 13.8. The number of benzene rings is 1. The molecule has 0 N–H and O–H groups in total. The molecule has 0 amide bonds. The van der Waals surface area contributed by atoms with E-state index in [1.165, 1.54) is 285 Å². The minimum absolute atomic E-state index is 0.120. The normalized spacial score (nSPS) is 94.1. The van der Waals surface area contributed by atoms with Crippen LogP contribution in [0.2, 0.25) is 0 Å². The van der Waals surface area contributed by atoms with Gasteiger partial charge in [0.05, 0.1) is 7.11 Å². The van der Waals surface area contributed by atoms with Crippen molar-refractivity contribution in [3.8, 4) is 0 Å². The monoisotopic (exact) mass is 969 g/mol. The van der Waals surface area contributed by atoms with Crippen molar-refractivity contribution >= 4 is 5.97 Å². The van der Waals surface area contributed by atoms with Crippen LogP contribution in [0.25, 0.3) is 0 Å². The highest BCUT2D eigenvalue weighted by molar-refractivity contribution is 5.69. The zero-order valence-electron chi connectivity index (χ0n) is 42.8. The lowest BCUT2D eigenvalue weighted by atomic mass is 9.37. The fourth-order valence-electron chi connectivity index (χ4n) is 50.5. The average Bonchev–Trinajstić information content (AvgIpc) is 3.83. The number of hydrogen-bond donors (Lipinski definition) is 0. The molecule has 33 aliphatic rings. The lowest BCUT2D eigenvalue weighted by Gasteiger charge is -2.67. The molecule has 54 unspecified atom stereocenters. The molecule has 1 aromatic rings. The number of esters is 1. The van der Waals surface area contributed by atoms with Gasteiger partial charge in [0.1, 0.15) is 0 Å². The smallest absolute Gasteiger partial charge is 0.305 e. The van der Waals surface area contributed by atoms with Gasteiger partial charge in [-0.15, -0.1) is 0 Å². The highest BCUT2D eigenvalue weighted by Gasteiger charge is 3.12. The van der Waals surface area contributed by atoms with Crippen molar-refractivity contribution in [2.75, 3.05) is 7.11 Å². The first-order valence-electron chi connectivity index (χ1n) is 34.9. The highest BCUT2D eigenvalue weighted by atomic mass is 16.5. The van der Waals surface area contributed by atoms with E-state index in [0.717, 1.165) is 71.5 Å². The van der Waals surface area contributed by atoms with Gasteiger partial charge in [-0.3, -0.25) is 4.79 Å². The van der Waals surface area contributed by atoms with Gasteiger partial charge < -0.3 is 4.74 Å². The van der Waals surface area contributed by atoms with Crippen molar-refractivity contribution in [3.63, 3.8) is 0 Å². The summed E-state index contributed by atoms with van der Waals surface area (Å²) in [6.07, 6.45) is 3.20. The van der Waals surface area contributed by atoms with E-state index in [1.54, 1.807) is 7.11 Å². The van der Waals surface area contributed by atoms with E-state index in [1.807, 2.05) is 5.56 Å². The van der Waals surface area contributed by atoms with Gasteiger partial charge in [-0.1, -0.05) is 30.3 Å². The van der Waals surface area contributed by atoms with Crippen LogP contribution in [0.1, 0.15) is 24.8 Å². The van der Waals surface area contributed by atoms with Crippen LogP contribution in [0.15, 0.2) is 30.3 Å². The Hall–Kier alpha value is -1.31. The molecule has 33 saturated carbocycles. The summed E-state index contributed by atoms with van der Waals surface area (Å²) in [5.41, 5.74) is 3.39. The maximum absolute atomic E-state index is 13.8. The van der Waals surface area contributed by atoms with Crippen molar-refractivity contribution in [2.24, 2.45) is 354 Å². The van der Waals surface area contributed by atoms with Crippen molar-refractivity contribution in [2.45, 2.75) is 24.7 Å². The molecular formula is C72H72O2. The zero-order chi connectivity index (χ0) is 44.5. The first kappa shape index (κ1) is 34.1. The third kappa shape index (κ3) is 2.04. The summed E-state index contributed by atoms with van der Waals surface area (Å²) in [6, 6.07) is 13.5. The molecule has 34 rings (SSSR count). The Labute approximate surface area is 435 Å². The molecule has 0 radical (unpaired) electrons. The second kappa shape index (κ2) is 8.47. The van der Waals surface area contributed by atoms with Gasteiger partial charge in [-0.05, 0) is 372 Å². The quantitative estimate of drug-likeness (QED) is 0.275. The minimum atomic E-state index is 0.120. The van der Waals surface area contributed by atoms with Crippen molar-refractivity contribution in [1.82, 2.24) is 0 Å². The van der Waals surface area contributed by atoms with Gasteiger partial charge in [0.15, 0.2) is 0 Å². The van der Waals surface area contributed by atoms with E-state index in [4.69, 9.17) is 4.74 Å². The summed E-state index contributed by atoms with van der Waals surface area (Å²) >= 11 is 0. The van der Waals surface area contributed by atoms with E-state index in [2.05, 4.69) is 30.3 Å². The predicted molar refractivity (Wildman–Crippen MR) is 261 cm³/mol. The Bertz CT molecular complexity index is 2920. The third-order valence-electron chi connectivity index (χ3n) is 44.1. The summed E-state index contributed by atoms with van der Waals surface area (Å²) in [5.74, 6) is 70.1. The maximum Gasteiger partial charge on any atom is 0.305 e. The van der Waals surface area contributed by atoms with Gasteiger partial charge >= 0.3 is 5.97 Å². The van der Waals surface area contributed by atoms with Crippen LogP contribution < -0.4 is 0 Å². The molecule has 0 bridgehead atoms. The van der Waals surface area contributed by atoms with E-state index in [9.17, 15) is 4.79 Å². The standard InChI is InChI=1S/C72H72O2/c1-74-11(73)8-5-9-70(10-6-3-2-4-7-10)71-66-59-52-40-32-23-14-12-13-15-18(14)27-34(32)42-43-35(27)33-24(15)26-22-17(13)20-19-16(12)21-25(23)38(40)46-44-30(21)28(19)36-37-29(20)31(22)45-47-39(26)41(33)53-55(43)64(63(66)54(42)52)67-60(53)58(47)62-51(45)49(37)56-48(36)50(44)61(57(46)59)68(71)65(56)69(62)72(67,70)71/h2-4,6-7,12-69H,5,8-9H2,1H3/t12?,13?,14?,15?,16?,17?,18?,19?,20?,21?,22?,23?,24?,25?,26?,27?,28?,29?,30?,31?,32?,33?,34?,35?,36?,37?,38?,39?,40?,41?,42?,43?,44?,45?,46?,47?,48?,49?,50?,51?,52?,53?,54?,55?,56?,57?,58?,59?,60?,61?,62?,63?,64?,65?,66?,67?,68?,69?,70?,71-,72-/m0/s1. The Balaban J connectivity index is 0.832. The van der Waals surface area contributed by atoms with Gasteiger partial charge in [0.2, 0.25) is 0 Å². The number of methoxy groups -OCH3 is 1. The third-order valence-corrected chi connectivity index (χ3v) is 44.1. The van der Waals surface area contributed by atoms with Gasteiger partial charge in [-0.2, -0.15) is 0 Å². The van der Waals surface area contributed by atoms with Crippen molar-refractivity contribution in [3.05, 3.63) is 35.9 Å². The number of carbonyl (C=O) groups excluding carboxylic acids is 1. The second-order valence-electron chi connectivity index (χ2n) is 38.7. The fraction of sp³-hybridized carbons (Fsp3) is 0.903. The lowest BCUT2D eigenvalue weighted by Crippen LogP contribution is -2.64. The average molecular weight is 969 g/mol. The Morgan fingerprint density at radius 3 is 0.770 bits per heavy atom. The minimum Gasteiger partial charge on any atom is -0.469 e.